The van der Waals surface area contributed by atoms with Crippen molar-refractivity contribution < 1.29 is 9.13 Å². The van der Waals surface area contributed by atoms with Gasteiger partial charge < -0.3 is 9.72 Å². The van der Waals surface area contributed by atoms with E-state index < -0.39 is 0 Å². The number of nitrogens with one attached hydrogen (secondary N) is 1. The average molecular weight is 310 g/mol. The molecule has 3 rings (SSSR count). The third-order valence-corrected chi connectivity index (χ3v) is 3.87. The van der Waals surface area contributed by atoms with Crippen LogP contribution >= 0.6 is 11.6 Å². The number of nitrogens with zero attached hydrogens (tertiary/aromatic N) is 2. The number of H-pyrrole nitrogens is 1. The van der Waals surface area contributed by atoms with Crippen LogP contribution in [0.25, 0.3) is 0 Å². The van der Waals surface area contributed by atoms with E-state index in [0.29, 0.717) is 13.2 Å². The van der Waals surface area contributed by atoms with E-state index in [4.69, 9.17) is 16.3 Å². The van der Waals surface area contributed by atoms with Crippen LogP contribution in [-0.4, -0.2) is 34.6 Å². The largest absolute Gasteiger partial charge is 0.368 e. The molecular weight excluding hydrogens is 293 g/mol. The molecule has 0 bridgehead atoms. The van der Waals surface area contributed by atoms with E-state index in [0.717, 1.165) is 30.2 Å². The van der Waals surface area contributed by atoms with Crippen LogP contribution < -0.4 is 0 Å². The molecule has 1 aliphatic heterocycles. The van der Waals surface area contributed by atoms with Gasteiger partial charge in [0.1, 0.15) is 17.7 Å². The van der Waals surface area contributed by atoms with Crippen molar-refractivity contribution in [1.82, 2.24) is 14.9 Å². The molecule has 2 aromatic rings. The minimum Gasteiger partial charge on any atom is -0.368 e. The zero-order chi connectivity index (χ0) is 14.8. The van der Waals surface area contributed by atoms with Crippen molar-refractivity contribution in [3.05, 3.63) is 52.3 Å². The standard InChI is InChI=1S/C15H17ClFN3O/c1-10-7-18-15(19-10)14-9-20(4-5-21-14)8-11-2-3-12(16)13(17)6-11/h2-3,6-7,14H,4-5,8-9H2,1H3,(H,18,19). The van der Waals surface area contributed by atoms with Crippen LogP contribution in [0.2, 0.25) is 5.02 Å². The van der Waals surface area contributed by atoms with E-state index in [1.807, 2.05) is 13.0 Å². The minimum atomic E-state index is -0.374. The van der Waals surface area contributed by atoms with E-state index in [1.54, 1.807) is 12.3 Å². The van der Waals surface area contributed by atoms with Gasteiger partial charge in [0.25, 0.3) is 0 Å². The summed E-state index contributed by atoms with van der Waals surface area (Å²) in [7, 11) is 0. The number of imidazole rings is 1. The molecule has 1 aromatic heterocycles. The third kappa shape index (κ3) is 3.43. The molecule has 1 fully saturated rings. The maximum absolute atomic E-state index is 13.5. The molecule has 1 atom stereocenters. The number of hydrogen-bond donors (Lipinski definition) is 1. The minimum absolute atomic E-state index is 0.0652. The van der Waals surface area contributed by atoms with Crippen LogP contribution in [0.1, 0.15) is 23.2 Å². The van der Waals surface area contributed by atoms with Crippen molar-refractivity contribution in [2.45, 2.75) is 19.6 Å². The molecule has 4 nitrogen and oxygen atoms in total. The number of aromatic amines is 1. The number of benzene rings is 1. The summed E-state index contributed by atoms with van der Waals surface area (Å²) >= 11 is 5.71. The first-order chi connectivity index (χ1) is 10.1. The molecule has 0 saturated carbocycles. The van der Waals surface area contributed by atoms with E-state index >= 15 is 0 Å². The number of aryl methyl sites for hydroxylation is 1. The van der Waals surface area contributed by atoms with Crippen LogP contribution in [-0.2, 0) is 11.3 Å². The molecule has 1 saturated heterocycles. The number of halogens is 2. The maximum Gasteiger partial charge on any atom is 0.142 e. The van der Waals surface area contributed by atoms with Gasteiger partial charge in [0.15, 0.2) is 0 Å². The lowest BCUT2D eigenvalue weighted by Gasteiger charge is -2.32. The lowest BCUT2D eigenvalue weighted by molar-refractivity contribution is -0.0368. The van der Waals surface area contributed by atoms with Gasteiger partial charge in [0.05, 0.1) is 11.6 Å². The third-order valence-electron chi connectivity index (χ3n) is 3.57. The van der Waals surface area contributed by atoms with Crippen molar-refractivity contribution in [1.29, 1.82) is 0 Å². The Morgan fingerprint density at radius 1 is 1.52 bits per heavy atom. The summed E-state index contributed by atoms with van der Waals surface area (Å²) in [6, 6.07) is 4.94. The van der Waals surface area contributed by atoms with Gasteiger partial charge in [-0.15, -0.1) is 0 Å². The highest BCUT2D eigenvalue weighted by Gasteiger charge is 2.24. The first-order valence-corrected chi connectivity index (χ1v) is 7.29. The number of rotatable bonds is 3. The first kappa shape index (κ1) is 14.5. The van der Waals surface area contributed by atoms with Gasteiger partial charge in [0, 0.05) is 31.5 Å². The summed E-state index contributed by atoms with van der Waals surface area (Å²) in [5.74, 6) is 0.472. The van der Waals surface area contributed by atoms with Gasteiger partial charge >= 0.3 is 0 Å². The zero-order valence-electron chi connectivity index (χ0n) is 11.8. The van der Waals surface area contributed by atoms with Crippen LogP contribution in [0.15, 0.2) is 24.4 Å². The Balaban J connectivity index is 1.67. The van der Waals surface area contributed by atoms with Gasteiger partial charge in [-0.1, -0.05) is 17.7 Å². The molecular formula is C15H17ClFN3O. The van der Waals surface area contributed by atoms with Crippen LogP contribution in [0, 0.1) is 12.7 Å². The lowest BCUT2D eigenvalue weighted by atomic mass is 10.2. The van der Waals surface area contributed by atoms with E-state index in [1.165, 1.54) is 6.07 Å². The molecule has 6 heteroatoms. The van der Waals surface area contributed by atoms with Gasteiger partial charge in [-0.25, -0.2) is 9.37 Å². The second-order valence-electron chi connectivity index (χ2n) is 5.29. The molecule has 2 heterocycles. The monoisotopic (exact) mass is 309 g/mol. The van der Waals surface area contributed by atoms with Crippen LogP contribution in [0.3, 0.4) is 0 Å². The Labute approximate surface area is 127 Å². The summed E-state index contributed by atoms with van der Waals surface area (Å²) in [5.41, 5.74) is 1.93. The number of morpholine rings is 1. The Morgan fingerprint density at radius 2 is 2.38 bits per heavy atom. The molecule has 0 aliphatic carbocycles. The Hall–Kier alpha value is -1.43. The quantitative estimate of drug-likeness (QED) is 0.947. The van der Waals surface area contributed by atoms with Gasteiger partial charge in [-0.05, 0) is 24.6 Å². The highest BCUT2D eigenvalue weighted by atomic mass is 35.5. The molecule has 21 heavy (non-hydrogen) atoms. The first-order valence-electron chi connectivity index (χ1n) is 6.91. The van der Waals surface area contributed by atoms with E-state index in [2.05, 4.69) is 14.9 Å². The predicted molar refractivity (Wildman–Crippen MR) is 78.7 cm³/mol. The fraction of sp³-hybridized carbons (Fsp3) is 0.400. The Bertz CT molecular complexity index is 631. The summed E-state index contributed by atoms with van der Waals surface area (Å²) in [6.45, 7) is 4.83. The topological polar surface area (TPSA) is 41.2 Å². The normalized spacial score (nSPS) is 19.9. The van der Waals surface area contributed by atoms with Gasteiger partial charge in [-0.2, -0.15) is 0 Å². The van der Waals surface area contributed by atoms with Crippen LogP contribution in [0.5, 0.6) is 0 Å². The Morgan fingerprint density at radius 3 is 3.10 bits per heavy atom. The summed E-state index contributed by atoms with van der Waals surface area (Å²) in [6.07, 6.45) is 1.73. The van der Waals surface area contributed by atoms with E-state index in [-0.39, 0.29) is 16.9 Å². The molecule has 1 N–H and O–H groups in total. The molecule has 1 aromatic carbocycles. The van der Waals surface area contributed by atoms with Gasteiger partial charge in [0.2, 0.25) is 0 Å². The molecule has 0 radical (unpaired) electrons. The number of hydrogen-bond acceptors (Lipinski definition) is 3. The maximum atomic E-state index is 13.5. The lowest BCUT2D eigenvalue weighted by Crippen LogP contribution is -2.38. The highest BCUT2D eigenvalue weighted by Crippen LogP contribution is 2.22. The van der Waals surface area contributed by atoms with Crippen molar-refractivity contribution in [2.24, 2.45) is 0 Å². The molecule has 1 unspecified atom stereocenters. The van der Waals surface area contributed by atoms with Crippen LogP contribution in [0.4, 0.5) is 4.39 Å². The molecule has 112 valence electrons. The zero-order valence-corrected chi connectivity index (χ0v) is 12.5. The fourth-order valence-electron chi connectivity index (χ4n) is 2.50. The molecule has 0 spiro atoms. The molecule has 0 amide bonds. The SMILES string of the molecule is Cc1cnc(C2CN(Cc3ccc(Cl)c(F)c3)CCO2)[nH]1. The van der Waals surface area contributed by atoms with Gasteiger partial charge in [-0.3, -0.25) is 4.90 Å². The predicted octanol–water partition coefficient (Wildman–Crippen LogP) is 3.08. The number of ether oxygens (including phenoxy) is 1. The average Bonchev–Trinajstić information content (AvgIpc) is 2.90. The van der Waals surface area contributed by atoms with Crippen molar-refractivity contribution in [2.75, 3.05) is 19.7 Å². The second-order valence-corrected chi connectivity index (χ2v) is 5.70. The smallest absolute Gasteiger partial charge is 0.142 e. The summed E-state index contributed by atoms with van der Waals surface area (Å²) in [5, 5.41) is 0.157. The van der Waals surface area contributed by atoms with E-state index in [9.17, 15) is 4.39 Å². The Kier molecular flexibility index (Phi) is 4.24. The molecule has 1 aliphatic rings. The fourth-order valence-corrected chi connectivity index (χ4v) is 2.62. The summed E-state index contributed by atoms with van der Waals surface area (Å²) < 4.78 is 19.2. The number of aromatic nitrogens is 2. The second kappa shape index (κ2) is 6.13. The highest BCUT2D eigenvalue weighted by molar-refractivity contribution is 6.30. The van der Waals surface area contributed by atoms with Crippen molar-refractivity contribution in [3.8, 4) is 0 Å². The van der Waals surface area contributed by atoms with Crippen molar-refractivity contribution in [3.63, 3.8) is 0 Å². The van der Waals surface area contributed by atoms with Crippen molar-refractivity contribution >= 4 is 11.6 Å². The summed E-state index contributed by atoms with van der Waals surface area (Å²) in [4.78, 5) is 9.76.